The topological polar surface area (TPSA) is 52.6 Å². The average molecular weight is 465 g/mol. The van der Waals surface area contributed by atoms with Gasteiger partial charge in [0.2, 0.25) is 0 Å². The summed E-state index contributed by atoms with van der Waals surface area (Å²) in [6.45, 7) is 0.174. The van der Waals surface area contributed by atoms with E-state index < -0.39 is 17.5 Å². The van der Waals surface area contributed by atoms with Crippen LogP contribution in [0.3, 0.4) is 0 Å². The molecule has 0 aliphatic rings. The summed E-state index contributed by atoms with van der Waals surface area (Å²) in [5, 5.41) is 0. The highest BCUT2D eigenvalue weighted by Gasteiger charge is 2.51. The Kier molecular flexibility index (Phi) is 7.86. The number of hydrogen-bond acceptors (Lipinski definition) is 4. The first kappa shape index (κ1) is 24.1. The molecule has 0 N–H and O–H groups in total. The minimum atomic E-state index is -1.54. The van der Waals surface area contributed by atoms with Gasteiger partial charge in [-0.05, 0) is 16.7 Å². The molecule has 0 fully saturated rings. The van der Waals surface area contributed by atoms with Crippen LogP contribution >= 0.6 is 0 Å². The summed E-state index contributed by atoms with van der Waals surface area (Å²) in [7, 11) is 1.35. The molecule has 0 unspecified atom stereocenters. The summed E-state index contributed by atoms with van der Waals surface area (Å²) in [5.41, 5.74) is 1.41. The fourth-order valence-electron chi connectivity index (χ4n) is 4.42. The number of methoxy groups -OCH3 is 1. The molecule has 0 amide bonds. The van der Waals surface area contributed by atoms with Gasteiger partial charge in [-0.3, -0.25) is 4.79 Å². The third kappa shape index (κ3) is 5.39. The summed E-state index contributed by atoms with van der Waals surface area (Å²) >= 11 is 0. The Labute approximate surface area is 206 Å². The molecule has 4 nitrogen and oxygen atoms in total. The minimum Gasteiger partial charge on any atom is -0.467 e. The number of carbonyl (C=O) groups is 2. The van der Waals surface area contributed by atoms with Crippen molar-refractivity contribution >= 4 is 11.8 Å². The first-order valence-electron chi connectivity index (χ1n) is 11.6. The number of carbonyl (C=O) groups excluding carboxylic acids is 2. The van der Waals surface area contributed by atoms with Crippen LogP contribution in [-0.2, 0) is 26.5 Å². The van der Waals surface area contributed by atoms with Crippen LogP contribution in [0.25, 0.3) is 0 Å². The summed E-state index contributed by atoms with van der Waals surface area (Å²) in [4.78, 5) is 27.2. The van der Waals surface area contributed by atoms with E-state index in [9.17, 15) is 9.59 Å². The highest BCUT2D eigenvalue weighted by Crippen LogP contribution is 2.45. The summed E-state index contributed by atoms with van der Waals surface area (Å²) < 4.78 is 12.0. The van der Waals surface area contributed by atoms with Crippen LogP contribution in [0.15, 0.2) is 121 Å². The van der Waals surface area contributed by atoms with Crippen LogP contribution in [-0.4, -0.2) is 18.9 Å². The molecule has 0 spiro atoms. The Morgan fingerprint density at radius 2 is 1.23 bits per heavy atom. The zero-order valence-electron chi connectivity index (χ0n) is 19.7. The summed E-state index contributed by atoms with van der Waals surface area (Å²) in [6, 6.07) is 37.7. The fourth-order valence-corrected chi connectivity index (χ4v) is 4.42. The zero-order valence-corrected chi connectivity index (χ0v) is 19.7. The van der Waals surface area contributed by atoms with E-state index in [-0.39, 0.29) is 18.8 Å². The second-order valence-corrected chi connectivity index (χ2v) is 8.32. The molecular formula is C31H28O4. The molecule has 0 radical (unpaired) electrons. The Balaban J connectivity index is 1.87. The van der Waals surface area contributed by atoms with Gasteiger partial charge < -0.3 is 9.47 Å². The molecule has 35 heavy (non-hydrogen) atoms. The molecule has 0 bridgehead atoms. The number of hydrogen-bond donors (Lipinski definition) is 0. The lowest BCUT2D eigenvalue weighted by atomic mass is 9.73. The first-order chi connectivity index (χ1) is 17.1. The van der Waals surface area contributed by atoms with E-state index in [1.165, 1.54) is 7.11 Å². The van der Waals surface area contributed by atoms with E-state index >= 15 is 0 Å². The van der Waals surface area contributed by atoms with Crippen molar-refractivity contribution in [3.05, 3.63) is 144 Å². The predicted molar refractivity (Wildman–Crippen MR) is 136 cm³/mol. The second kappa shape index (κ2) is 11.4. The fraction of sp³-hybridized carbons (Fsp3) is 0.161. The van der Waals surface area contributed by atoms with Gasteiger partial charge >= 0.3 is 5.97 Å². The lowest BCUT2D eigenvalue weighted by Gasteiger charge is -2.39. The Hall–Kier alpha value is -4.02. The molecule has 0 aromatic heterocycles. The largest absolute Gasteiger partial charge is 0.467 e. The predicted octanol–water partition coefficient (Wildman–Crippen LogP) is 6.33. The molecule has 4 rings (SSSR count). The number of Topliss-reactive ketones (excluding diaryl/α,β-unsaturated/α-hetero) is 1. The maximum absolute atomic E-state index is 13.7. The van der Waals surface area contributed by atoms with Gasteiger partial charge in [-0.15, -0.1) is 0 Å². The van der Waals surface area contributed by atoms with Crippen LogP contribution in [0.2, 0.25) is 0 Å². The van der Waals surface area contributed by atoms with E-state index in [4.69, 9.17) is 9.47 Å². The van der Waals surface area contributed by atoms with Gasteiger partial charge in [-0.2, -0.15) is 0 Å². The second-order valence-electron chi connectivity index (χ2n) is 8.32. The summed E-state index contributed by atoms with van der Waals surface area (Å²) in [6.07, 6.45) is 0.0623. The highest BCUT2D eigenvalue weighted by atomic mass is 16.6. The van der Waals surface area contributed by atoms with Gasteiger partial charge in [0.25, 0.3) is 0 Å². The number of ketones is 1. The van der Waals surface area contributed by atoms with Crippen molar-refractivity contribution in [3.63, 3.8) is 0 Å². The molecule has 0 aliphatic carbocycles. The van der Waals surface area contributed by atoms with Crippen molar-refractivity contribution in [1.29, 1.82) is 0 Å². The first-order valence-corrected chi connectivity index (χ1v) is 11.6. The van der Waals surface area contributed by atoms with Gasteiger partial charge in [0.15, 0.2) is 11.4 Å². The van der Waals surface area contributed by atoms with E-state index in [0.29, 0.717) is 11.1 Å². The third-order valence-electron chi connectivity index (χ3n) is 6.18. The standard InChI is InChI=1S/C31H28O4/c1-34-30(33)31(27-20-12-5-13-21-27,35-23-24-14-6-2-7-15-24)28(25-16-8-3-9-17-25)22-29(32)26-18-10-4-11-19-26/h2-21,28H,22-23H2,1H3/t28-,31+/m0/s1. The Morgan fingerprint density at radius 3 is 1.80 bits per heavy atom. The zero-order chi connectivity index (χ0) is 24.5. The minimum absolute atomic E-state index is 0.0623. The van der Waals surface area contributed by atoms with Gasteiger partial charge in [0.1, 0.15) is 0 Å². The van der Waals surface area contributed by atoms with Crippen molar-refractivity contribution in [1.82, 2.24) is 0 Å². The van der Waals surface area contributed by atoms with Gasteiger partial charge in [-0.25, -0.2) is 4.79 Å². The summed E-state index contributed by atoms with van der Waals surface area (Å²) in [5.74, 6) is -1.25. The smallest absolute Gasteiger partial charge is 0.343 e. The molecule has 2 atom stereocenters. The normalized spacial score (nSPS) is 13.4. The molecular weight excluding hydrogens is 436 g/mol. The van der Waals surface area contributed by atoms with Crippen LogP contribution in [0.5, 0.6) is 0 Å². The Bertz CT molecular complexity index is 1220. The highest BCUT2D eigenvalue weighted by molar-refractivity contribution is 5.97. The lowest BCUT2D eigenvalue weighted by molar-refractivity contribution is -0.178. The van der Waals surface area contributed by atoms with E-state index in [0.717, 1.165) is 11.1 Å². The van der Waals surface area contributed by atoms with Crippen molar-refractivity contribution in [2.24, 2.45) is 0 Å². The molecule has 0 saturated heterocycles. The van der Waals surface area contributed by atoms with E-state index in [1.807, 2.05) is 109 Å². The number of esters is 1. The average Bonchev–Trinajstić information content (AvgIpc) is 2.94. The molecule has 4 aromatic carbocycles. The molecule has 0 heterocycles. The quantitative estimate of drug-likeness (QED) is 0.203. The van der Waals surface area contributed by atoms with E-state index in [2.05, 4.69) is 0 Å². The van der Waals surface area contributed by atoms with Gasteiger partial charge in [0.05, 0.1) is 13.7 Å². The van der Waals surface area contributed by atoms with Gasteiger partial charge in [0, 0.05) is 17.9 Å². The Morgan fingerprint density at radius 1 is 0.714 bits per heavy atom. The third-order valence-corrected chi connectivity index (χ3v) is 6.18. The molecule has 4 aromatic rings. The van der Waals surface area contributed by atoms with Crippen molar-refractivity contribution in [2.75, 3.05) is 7.11 Å². The maximum Gasteiger partial charge on any atom is 0.343 e. The van der Waals surface area contributed by atoms with Crippen LogP contribution in [0, 0.1) is 0 Å². The number of rotatable bonds is 10. The number of ether oxygens (including phenoxy) is 2. The van der Waals surface area contributed by atoms with Crippen LogP contribution in [0.1, 0.15) is 39.4 Å². The number of benzene rings is 4. The molecule has 176 valence electrons. The molecule has 4 heteroatoms. The van der Waals surface area contributed by atoms with Crippen molar-refractivity contribution in [2.45, 2.75) is 24.5 Å². The lowest BCUT2D eigenvalue weighted by Crippen LogP contribution is -2.46. The van der Waals surface area contributed by atoms with Crippen molar-refractivity contribution < 1.29 is 19.1 Å². The van der Waals surface area contributed by atoms with Crippen molar-refractivity contribution in [3.8, 4) is 0 Å². The molecule has 0 aliphatic heterocycles. The van der Waals surface area contributed by atoms with Crippen LogP contribution in [0.4, 0.5) is 0 Å². The SMILES string of the molecule is COC(=O)[C@@](OCc1ccccc1)(c1ccccc1)[C@@H](CC(=O)c1ccccc1)c1ccccc1. The van der Waals surface area contributed by atoms with E-state index in [1.54, 1.807) is 12.1 Å². The van der Waals surface area contributed by atoms with Crippen LogP contribution < -0.4 is 0 Å². The monoisotopic (exact) mass is 464 g/mol. The molecule has 0 saturated carbocycles. The maximum atomic E-state index is 13.7. The van der Waals surface area contributed by atoms with Gasteiger partial charge in [-0.1, -0.05) is 121 Å².